The summed E-state index contributed by atoms with van der Waals surface area (Å²) in [4.78, 5) is 2.37. The number of hydrogen-bond acceptors (Lipinski definition) is 4. The van der Waals surface area contributed by atoms with Crippen LogP contribution in [0.4, 0.5) is 5.69 Å². The van der Waals surface area contributed by atoms with Gasteiger partial charge >= 0.3 is 0 Å². The zero-order valence-electron chi connectivity index (χ0n) is 12.3. The van der Waals surface area contributed by atoms with Crippen molar-refractivity contribution in [1.82, 2.24) is 4.90 Å². The molecule has 1 aliphatic carbocycles. The summed E-state index contributed by atoms with van der Waals surface area (Å²) in [5.41, 5.74) is 7.75. The number of ether oxygens (including phenoxy) is 1. The van der Waals surface area contributed by atoms with Gasteiger partial charge in [0, 0.05) is 30.4 Å². The SMILES string of the molecule is COc1ccc(N)cc1CN(CCO)C1CCCCC1. The zero-order chi connectivity index (χ0) is 14.4. The van der Waals surface area contributed by atoms with Crippen LogP contribution in [0.1, 0.15) is 37.7 Å². The van der Waals surface area contributed by atoms with E-state index in [0.29, 0.717) is 12.6 Å². The van der Waals surface area contributed by atoms with Gasteiger partial charge in [0.25, 0.3) is 0 Å². The summed E-state index contributed by atoms with van der Waals surface area (Å²) in [6.07, 6.45) is 6.38. The number of rotatable bonds is 6. The standard InChI is InChI=1S/C16H26N2O2/c1-20-16-8-7-14(17)11-13(16)12-18(9-10-19)15-5-3-2-4-6-15/h7-8,11,15,19H,2-6,9-10,12,17H2,1H3. The van der Waals surface area contributed by atoms with E-state index in [1.165, 1.54) is 32.1 Å². The van der Waals surface area contributed by atoms with Crippen LogP contribution in [0.2, 0.25) is 0 Å². The van der Waals surface area contributed by atoms with Crippen molar-refractivity contribution in [2.24, 2.45) is 0 Å². The molecule has 0 saturated heterocycles. The van der Waals surface area contributed by atoms with Gasteiger partial charge in [-0.3, -0.25) is 4.90 Å². The van der Waals surface area contributed by atoms with Crippen LogP contribution in [0.3, 0.4) is 0 Å². The van der Waals surface area contributed by atoms with Gasteiger partial charge in [0.1, 0.15) is 5.75 Å². The first-order valence-corrected chi connectivity index (χ1v) is 7.52. The maximum Gasteiger partial charge on any atom is 0.123 e. The Morgan fingerprint density at radius 3 is 2.70 bits per heavy atom. The molecule has 3 N–H and O–H groups in total. The molecule has 0 aliphatic heterocycles. The summed E-state index contributed by atoms with van der Waals surface area (Å²) in [7, 11) is 1.69. The Hall–Kier alpha value is -1.26. The second-order valence-electron chi connectivity index (χ2n) is 5.56. The minimum atomic E-state index is 0.196. The number of nitrogens with two attached hydrogens (primary N) is 1. The normalized spacial score (nSPS) is 16.6. The van der Waals surface area contributed by atoms with E-state index < -0.39 is 0 Å². The molecule has 1 fully saturated rings. The van der Waals surface area contributed by atoms with Crippen molar-refractivity contribution in [2.45, 2.75) is 44.7 Å². The van der Waals surface area contributed by atoms with E-state index in [0.717, 1.165) is 23.5 Å². The van der Waals surface area contributed by atoms with Crippen molar-refractivity contribution in [2.75, 3.05) is 26.0 Å². The van der Waals surface area contributed by atoms with Crippen LogP contribution in [0.5, 0.6) is 5.75 Å². The van der Waals surface area contributed by atoms with E-state index in [-0.39, 0.29) is 6.61 Å². The average Bonchev–Trinajstić information content (AvgIpc) is 2.48. The van der Waals surface area contributed by atoms with Crippen LogP contribution < -0.4 is 10.5 Å². The van der Waals surface area contributed by atoms with Crippen LogP contribution in [-0.2, 0) is 6.54 Å². The van der Waals surface area contributed by atoms with Gasteiger partial charge in [-0.1, -0.05) is 19.3 Å². The second kappa shape index (κ2) is 7.50. The molecule has 1 aromatic rings. The summed E-state index contributed by atoms with van der Waals surface area (Å²) in [6.45, 7) is 1.70. The Balaban J connectivity index is 2.12. The van der Waals surface area contributed by atoms with Crippen molar-refractivity contribution in [3.05, 3.63) is 23.8 Å². The maximum atomic E-state index is 9.33. The van der Waals surface area contributed by atoms with Crippen molar-refractivity contribution in [3.63, 3.8) is 0 Å². The number of nitrogen functional groups attached to an aromatic ring is 1. The fraction of sp³-hybridized carbons (Fsp3) is 0.625. The number of aliphatic hydroxyl groups excluding tert-OH is 1. The third-order valence-electron chi connectivity index (χ3n) is 4.16. The average molecular weight is 278 g/mol. The minimum absolute atomic E-state index is 0.196. The minimum Gasteiger partial charge on any atom is -0.496 e. The molecule has 1 saturated carbocycles. The molecular weight excluding hydrogens is 252 g/mol. The Bertz CT molecular complexity index is 417. The lowest BCUT2D eigenvalue weighted by Crippen LogP contribution is -2.38. The second-order valence-corrected chi connectivity index (χ2v) is 5.56. The van der Waals surface area contributed by atoms with E-state index in [4.69, 9.17) is 10.5 Å². The molecule has 4 heteroatoms. The van der Waals surface area contributed by atoms with Crippen LogP contribution >= 0.6 is 0 Å². The fourth-order valence-electron chi connectivity index (χ4n) is 3.11. The monoisotopic (exact) mass is 278 g/mol. The number of nitrogens with zero attached hydrogens (tertiary/aromatic N) is 1. The molecule has 0 aromatic heterocycles. The predicted octanol–water partition coefficient (Wildman–Crippen LogP) is 2.40. The summed E-state index contributed by atoms with van der Waals surface area (Å²) in [5, 5.41) is 9.33. The number of hydrogen-bond donors (Lipinski definition) is 2. The number of methoxy groups -OCH3 is 1. The van der Waals surface area contributed by atoms with Gasteiger partial charge < -0.3 is 15.6 Å². The Morgan fingerprint density at radius 1 is 1.30 bits per heavy atom. The van der Waals surface area contributed by atoms with Gasteiger partial charge in [-0.15, -0.1) is 0 Å². The van der Waals surface area contributed by atoms with E-state index in [2.05, 4.69) is 4.90 Å². The first kappa shape index (κ1) is 15.1. The third-order valence-corrected chi connectivity index (χ3v) is 4.16. The first-order chi connectivity index (χ1) is 9.74. The topological polar surface area (TPSA) is 58.7 Å². The highest BCUT2D eigenvalue weighted by atomic mass is 16.5. The van der Waals surface area contributed by atoms with E-state index >= 15 is 0 Å². The third kappa shape index (κ3) is 3.87. The van der Waals surface area contributed by atoms with Gasteiger partial charge in [0.2, 0.25) is 0 Å². The zero-order valence-corrected chi connectivity index (χ0v) is 12.3. The summed E-state index contributed by atoms with van der Waals surface area (Å²) >= 11 is 0. The molecule has 0 atom stereocenters. The van der Waals surface area contributed by atoms with Gasteiger partial charge in [-0.2, -0.15) is 0 Å². The van der Waals surface area contributed by atoms with Crippen molar-refractivity contribution >= 4 is 5.69 Å². The molecular formula is C16H26N2O2. The molecule has 112 valence electrons. The highest BCUT2D eigenvalue weighted by molar-refractivity contribution is 5.47. The number of aliphatic hydroxyl groups is 1. The maximum absolute atomic E-state index is 9.33. The highest BCUT2D eigenvalue weighted by Crippen LogP contribution is 2.27. The van der Waals surface area contributed by atoms with Crippen LogP contribution in [0, 0.1) is 0 Å². The van der Waals surface area contributed by atoms with E-state index in [1.54, 1.807) is 7.11 Å². The van der Waals surface area contributed by atoms with Crippen LogP contribution in [0.15, 0.2) is 18.2 Å². The lowest BCUT2D eigenvalue weighted by molar-refractivity contribution is 0.116. The lowest BCUT2D eigenvalue weighted by Gasteiger charge is -2.34. The quantitative estimate of drug-likeness (QED) is 0.785. The van der Waals surface area contributed by atoms with Crippen molar-refractivity contribution in [1.29, 1.82) is 0 Å². The predicted molar refractivity (Wildman–Crippen MR) is 81.8 cm³/mol. The molecule has 0 amide bonds. The van der Waals surface area contributed by atoms with Crippen molar-refractivity contribution < 1.29 is 9.84 Å². The summed E-state index contributed by atoms with van der Waals surface area (Å²) in [6, 6.07) is 6.33. The van der Waals surface area contributed by atoms with E-state index in [9.17, 15) is 5.11 Å². The number of benzene rings is 1. The Morgan fingerprint density at radius 2 is 2.05 bits per heavy atom. The number of anilines is 1. The van der Waals surface area contributed by atoms with Crippen LogP contribution in [0.25, 0.3) is 0 Å². The molecule has 2 rings (SSSR count). The molecule has 20 heavy (non-hydrogen) atoms. The van der Waals surface area contributed by atoms with Gasteiger partial charge in [-0.05, 0) is 31.0 Å². The molecule has 1 aliphatic rings. The fourth-order valence-corrected chi connectivity index (χ4v) is 3.11. The molecule has 0 heterocycles. The molecule has 0 radical (unpaired) electrons. The van der Waals surface area contributed by atoms with E-state index in [1.807, 2.05) is 18.2 Å². The molecule has 1 aromatic carbocycles. The summed E-state index contributed by atoms with van der Waals surface area (Å²) in [5.74, 6) is 0.873. The van der Waals surface area contributed by atoms with Crippen molar-refractivity contribution in [3.8, 4) is 5.75 Å². The highest BCUT2D eigenvalue weighted by Gasteiger charge is 2.21. The molecule has 4 nitrogen and oxygen atoms in total. The van der Waals surface area contributed by atoms with Gasteiger partial charge in [0.05, 0.1) is 13.7 Å². The first-order valence-electron chi connectivity index (χ1n) is 7.52. The molecule has 0 spiro atoms. The van der Waals surface area contributed by atoms with Gasteiger partial charge in [-0.25, -0.2) is 0 Å². The van der Waals surface area contributed by atoms with Gasteiger partial charge in [0.15, 0.2) is 0 Å². The summed E-state index contributed by atoms with van der Waals surface area (Å²) < 4.78 is 5.42. The molecule has 0 unspecified atom stereocenters. The molecule has 0 bridgehead atoms. The Labute approximate surface area is 121 Å². The smallest absolute Gasteiger partial charge is 0.123 e. The van der Waals surface area contributed by atoms with Crippen LogP contribution in [-0.4, -0.2) is 36.3 Å². The Kier molecular flexibility index (Phi) is 5.68. The lowest BCUT2D eigenvalue weighted by atomic mass is 9.93. The largest absolute Gasteiger partial charge is 0.496 e.